The molecule has 2 aromatic carbocycles. The Hall–Kier alpha value is -3.84. The standard InChI is InChI=1S/C26H23N5O2.ClH/c1-29-14-19(16-6-2-4-8-20(16)29)18-13-23(32)31(26(18)33)24-17-7-3-5-9-21(17)30-11-10-15(25(27)28)12-22(24)30;/h2-9,13-15H,10-12H2,1H3,(H3,27,28);1H. The second kappa shape index (κ2) is 7.88. The highest BCUT2D eigenvalue weighted by molar-refractivity contribution is 6.45. The van der Waals surface area contributed by atoms with Crippen LogP contribution in [0.3, 0.4) is 0 Å². The molecule has 3 N–H and O–H groups in total. The minimum Gasteiger partial charge on any atom is -0.387 e. The molecule has 0 saturated carbocycles. The molecule has 0 saturated heterocycles. The molecule has 4 heterocycles. The first-order valence-corrected chi connectivity index (χ1v) is 11.0. The summed E-state index contributed by atoms with van der Waals surface area (Å²) < 4.78 is 4.14. The molecule has 172 valence electrons. The predicted octanol–water partition coefficient (Wildman–Crippen LogP) is 4.01. The molecule has 0 spiro atoms. The van der Waals surface area contributed by atoms with E-state index >= 15 is 0 Å². The Labute approximate surface area is 202 Å². The molecule has 2 aromatic heterocycles. The molecule has 4 aromatic rings. The van der Waals surface area contributed by atoms with Crippen LogP contribution >= 0.6 is 12.4 Å². The van der Waals surface area contributed by atoms with Gasteiger partial charge in [-0.25, -0.2) is 4.90 Å². The highest BCUT2D eigenvalue weighted by Crippen LogP contribution is 2.42. The third-order valence-corrected chi connectivity index (χ3v) is 6.96. The van der Waals surface area contributed by atoms with Gasteiger partial charge in [0.15, 0.2) is 0 Å². The minimum absolute atomic E-state index is 0. The molecule has 0 aliphatic carbocycles. The largest absolute Gasteiger partial charge is 0.387 e. The Bertz CT molecular complexity index is 1540. The quantitative estimate of drug-likeness (QED) is 0.267. The number of anilines is 1. The molecular formula is C26H24ClN5O2. The monoisotopic (exact) mass is 473 g/mol. The van der Waals surface area contributed by atoms with Crippen LogP contribution in [-0.4, -0.2) is 26.8 Å². The van der Waals surface area contributed by atoms with Crippen molar-refractivity contribution >= 4 is 63.1 Å². The van der Waals surface area contributed by atoms with Gasteiger partial charge in [0.2, 0.25) is 0 Å². The third kappa shape index (κ3) is 3.00. The van der Waals surface area contributed by atoms with Crippen molar-refractivity contribution in [2.24, 2.45) is 18.7 Å². The molecule has 0 fully saturated rings. The molecule has 1 unspecified atom stereocenters. The van der Waals surface area contributed by atoms with E-state index in [9.17, 15) is 9.59 Å². The smallest absolute Gasteiger partial charge is 0.266 e. The van der Waals surface area contributed by atoms with Crippen LogP contribution in [0.4, 0.5) is 5.69 Å². The van der Waals surface area contributed by atoms with Gasteiger partial charge < -0.3 is 14.9 Å². The normalized spacial score (nSPS) is 17.7. The van der Waals surface area contributed by atoms with Crippen molar-refractivity contribution in [3.05, 3.63) is 72.1 Å². The first-order valence-electron chi connectivity index (χ1n) is 11.0. The number of aromatic nitrogens is 2. The number of hydrogen-bond acceptors (Lipinski definition) is 3. The van der Waals surface area contributed by atoms with Crippen molar-refractivity contribution in [1.29, 1.82) is 5.41 Å². The Balaban J connectivity index is 0.00000241. The number of nitrogens with one attached hydrogen (secondary N) is 1. The fourth-order valence-electron chi connectivity index (χ4n) is 5.37. The fraction of sp³-hybridized carbons (Fsp3) is 0.192. The van der Waals surface area contributed by atoms with Gasteiger partial charge >= 0.3 is 0 Å². The number of amidine groups is 1. The maximum atomic E-state index is 13.8. The average Bonchev–Trinajstić information content (AvgIpc) is 3.42. The SMILES string of the molecule is Cl.Cn1cc(C2=CC(=O)N(c3c4n(c5ccccc35)CCC(C(=N)N)C4)C2=O)c2ccccc21. The summed E-state index contributed by atoms with van der Waals surface area (Å²) in [5, 5.41) is 9.76. The molecule has 6 rings (SSSR count). The van der Waals surface area contributed by atoms with Crippen LogP contribution in [0.1, 0.15) is 17.7 Å². The molecule has 2 aliphatic rings. The number of carbonyl (C=O) groups excluding carboxylic acids is 2. The van der Waals surface area contributed by atoms with E-state index in [0.717, 1.165) is 39.5 Å². The van der Waals surface area contributed by atoms with Gasteiger partial charge in [-0.1, -0.05) is 36.4 Å². The second-order valence-corrected chi connectivity index (χ2v) is 8.82. The number of nitrogens with two attached hydrogens (primary N) is 1. The van der Waals surface area contributed by atoms with Gasteiger partial charge in [0.05, 0.1) is 22.6 Å². The van der Waals surface area contributed by atoms with Crippen LogP contribution in [0, 0.1) is 11.3 Å². The minimum atomic E-state index is -0.341. The Morgan fingerprint density at radius 1 is 1.03 bits per heavy atom. The maximum Gasteiger partial charge on any atom is 0.266 e. The van der Waals surface area contributed by atoms with Crippen LogP contribution in [-0.2, 0) is 29.6 Å². The van der Waals surface area contributed by atoms with E-state index in [1.165, 1.54) is 11.0 Å². The van der Waals surface area contributed by atoms with E-state index in [1.54, 1.807) is 0 Å². The van der Waals surface area contributed by atoms with Gasteiger partial charge in [-0.15, -0.1) is 12.4 Å². The van der Waals surface area contributed by atoms with Gasteiger partial charge in [-0.2, -0.15) is 0 Å². The summed E-state index contributed by atoms with van der Waals surface area (Å²) in [4.78, 5) is 28.4. The van der Waals surface area contributed by atoms with Crippen molar-refractivity contribution < 1.29 is 9.59 Å². The number of halogens is 1. The van der Waals surface area contributed by atoms with Crippen LogP contribution in [0.2, 0.25) is 0 Å². The van der Waals surface area contributed by atoms with E-state index < -0.39 is 0 Å². The van der Waals surface area contributed by atoms with Crippen molar-refractivity contribution in [1.82, 2.24) is 9.13 Å². The lowest BCUT2D eigenvalue weighted by Crippen LogP contribution is -2.34. The summed E-state index contributed by atoms with van der Waals surface area (Å²) in [5.41, 5.74) is 10.5. The first kappa shape index (κ1) is 22.0. The first-order chi connectivity index (χ1) is 16.0. The number of para-hydroxylation sites is 2. The summed E-state index contributed by atoms with van der Waals surface area (Å²) in [6, 6.07) is 15.7. The van der Waals surface area contributed by atoms with E-state index in [-0.39, 0.29) is 36.0 Å². The van der Waals surface area contributed by atoms with E-state index in [4.69, 9.17) is 11.1 Å². The second-order valence-electron chi connectivity index (χ2n) is 8.82. The molecule has 8 heteroatoms. The van der Waals surface area contributed by atoms with Crippen LogP contribution in [0.25, 0.3) is 27.4 Å². The summed E-state index contributed by atoms with van der Waals surface area (Å²) in [6.07, 6.45) is 4.65. The Morgan fingerprint density at radius 3 is 2.44 bits per heavy atom. The van der Waals surface area contributed by atoms with Gasteiger partial charge in [0, 0.05) is 59.3 Å². The summed E-state index contributed by atoms with van der Waals surface area (Å²) in [5.74, 6) is -0.613. The van der Waals surface area contributed by atoms with Crippen molar-refractivity contribution in [3.63, 3.8) is 0 Å². The molecule has 0 bridgehead atoms. The molecular weight excluding hydrogens is 450 g/mol. The highest BCUT2D eigenvalue weighted by atomic mass is 35.5. The van der Waals surface area contributed by atoms with Gasteiger partial charge in [0.1, 0.15) is 0 Å². The van der Waals surface area contributed by atoms with E-state index in [0.29, 0.717) is 24.2 Å². The van der Waals surface area contributed by atoms with Crippen LogP contribution in [0.15, 0.2) is 60.8 Å². The number of imide groups is 1. The van der Waals surface area contributed by atoms with Crippen LogP contribution < -0.4 is 10.6 Å². The summed E-state index contributed by atoms with van der Waals surface area (Å²) >= 11 is 0. The number of aryl methyl sites for hydroxylation is 2. The predicted molar refractivity (Wildman–Crippen MR) is 136 cm³/mol. The lowest BCUT2D eigenvalue weighted by Gasteiger charge is -2.26. The number of carbonyl (C=O) groups is 2. The van der Waals surface area contributed by atoms with E-state index in [2.05, 4.69) is 4.57 Å². The Kier molecular flexibility index (Phi) is 5.10. The molecule has 1 atom stereocenters. The third-order valence-electron chi connectivity index (χ3n) is 6.96. The van der Waals surface area contributed by atoms with Gasteiger partial charge in [0.25, 0.3) is 11.8 Å². The lowest BCUT2D eigenvalue weighted by atomic mass is 9.94. The average molecular weight is 474 g/mol. The molecule has 7 nitrogen and oxygen atoms in total. The van der Waals surface area contributed by atoms with E-state index in [1.807, 2.05) is 66.3 Å². The lowest BCUT2D eigenvalue weighted by molar-refractivity contribution is -0.119. The number of amides is 2. The number of fused-ring (bicyclic) bond motifs is 4. The number of rotatable bonds is 3. The van der Waals surface area contributed by atoms with Crippen molar-refractivity contribution in [3.8, 4) is 0 Å². The number of hydrogen-bond donors (Lipinski definition) is 2. The highest BCUT2D eigenvalue weighted by Gasteiger charge is 2.39. The summed E-state index contributed by atoms with van der Waals surface area (Å²) in [6.45, 7) is 0.694. The molecule has 2 aliphatic heterocycles. The van der Waals surface area contributed by atoms with Gasteiger partial charge in [-0.3, -0.25) is 15.0 Å². The topological polar surface area (TPSA) is 97.1 Å². The summed E-state index contributed by atoms with van der Waals surface area (Å²) in [7, 11) is 1.94. The Morgan fingerprint density at radius 2 is 1.71 bits per heavy atom. The number of benzene rings is 2. The zero-order valence-corrected chi connectivity index (χ0v) is 19.4. The van der Waals surface area contributed by atoms with Crippen LogP contribution in [0.5, 0.6) is 0 Å². The zero-order chi connectivity index (χ0) is 22.9. The molecule has 34 heavy (non-hydrogen) atoms. The fourth-order valence-corrected chi connectivity index (χ4v) is 5.37. The molecule has 2 amide bonds. The van der Waals surface area contributed by atoms with Crippen molar-refractivity contribution in [2.75, 3.05) is 4.90 Å². The van der Waals surface area contributed by atoms with Crippen molar-refractivity contribution in [2.45, 2.75) is 19.4 Å². The molecule has 0 radical (unpaired) electrons. The number of nitrogens with zero attached hydrogens (tertiary/aromatic N) is 3. The van der Waals surface area contributed by atoms with Gasteiger partial charge in [-0.05, 0) is 25.0 Å². The zero-order valence-electron chi connectivity index (χ0n) is 18.6. The maximum absolute atomic E-state index is 13.8.